The van der Waals surface area contributed by atoms with Crippen molar-refractivity contribution in [2.45, 2.75) is 0 Å². The fourth-order valence-electron chi connectivity index (χ4n) is 0.970. The van der Waals surface area contributed by atoms with Gasteiger partial charge in [-0.1, -0.05) is 0 Å². The molecular formula is C9H8F3NO. The quantitative estimate of drug-likeness (QED) is 0.681. The van der Waals surface area contributed by atoms with E-state index in [1.54, 1.807) is 0 Å². The number of halogens is 3. The van der Waals surface area contributed by atoms with Crippen LogP contribution in [0.2, 0.25) is 0 Å². The number of carbonyl (C=O) groups excluding carboxylic acids is 1. The Morgan fingerprint density at radius 2 is 1.57 bits per heavy atom. The second-order valence-electron chi connectivity index (χ2n) is 2.94. The SMILES string of the molecule is CN(C)C(=O)c1c(F)cc(F)cc1F. The van der Waals surface area contributed by atoms with Crippen molar-refractivity contribution in [2.75, 3.05) is 14.1 Å². The van der Waals surface area contributed by atoms with Gasteiger partial charge in [0.25, 0.3) is 5.91 Å². The zero-order chi connectivity index (χ0) is 10.9. The minimum atomic E-state index is -1.19. The Labute approximate surface area is 78.9 Å². The molecule has 0 aliphatic rings. The maximum atomic E-state index is 13.0. The minimum absolute atomic E-state index is 0.472. The van der Waals surface area contributed by atoms with Crippen molar-refractivity contribution in [1.29, 1.82) is 0 Å². The first kappa shape index (κ1) is 10.6. The van der Waals surface area contributed by atoms with Crippen LogP contribution in [0.4, 0.5) is 13.2 Å². The number of hydrogen-bond donors (Lipinski definition) is 0. The van der Waals surface area contributed by atoms with E-state index in [0.717, 1.165) is 4.90 Å². The van der Waals surface area contributed by atoms with Crippen molar-refractivity contribution in [2.24, 2.45) is 0 Å². The fourth-order valence-corrected chi connectivity index (χ4v) is 0.970. The fraction of sp³-hybridized carbons (Fsp3) is 0.222. The van der Waals surface area contributed by atoms with Gasteiger partial charge in [0.1, 0.15) is 23.0 Å². The normalized spacial score (nSPS) is 10.1. The molecule has 0 radical (unpaired) electrons. The first-order valence-electron chi connectivity index (χ1n) is 3.79. The van der Waals surface area contributed by atoms with E-state index in [1.165, 1.54) is 14.1 Å². The van der Waals surface area contributed by atoms with Crippen LogP contribution in [0.15, 0.2) is 12.1 Å². The van der Waals surface area contributed by atoms with Gasteiger partial charge in [-0.05, 0) is 0 Å². The van der Waals surface area contributed by atoms with Gasteiger partial charge in [-0.15, -0.1) is 0 Å². The Bertz CT molecular complexity index is 353. The summed E-state index contributed by atoms with van der Waals surface area (Å²) in [6, 6.07) is 0.944. The summed E-state index contributed by atoms with van der Waals surface area (Å²) in [5.41, 5.74) is -0.739. The van der Waals surface area contributed by atoms with Gasteiger partial charge >= 0.3 is 0 Å². The van der Waals surface area contributed by atoms with E-state index < -0.39 is 28.9 Å². The van der Waals surface area contributed by atoms with Gasteiger partial charge in [0.2, 0.25) is 0 Å². The molecule has 1 amide bonds. The molecule has 0 unspecified atom stereocenters. The molecule has 0 atom stereocenters. The highest BCUT2D eigenvalue weighted by Crippen LogP contribution is 2.15. The smallest absolute Gasteiger partial charge is 0.259 e. The van der Waals surface area contributed by atoms with E-state index in [9.17, 15) is 18.0 Å². The summed E-state index contributed by atoms with van der Waals surface area (Å²) in [7, 11) is 2.70. The molecule has 76 valence electrons. The molecule has 0 aromatic heterocycles. The predicted molar refractivity (Wildman–Crippen MR) is 44.3 cm³/mol. The first-order chi connectivity index (χ1) is 6.43. The summed E-state index contributed by atoms with van der Waals surface area (Å²) in [5, 5.41) is 0. The highest BCUT2D eigenvalue weighted by atomic mass is 19.1. The Morgan fingerprint density at radius 1 is 1.14 bits per heavy atom. The summed E-state index contributed by atoms with van der Waals surface area (Å²) < 4.78 is 38.5. The topological polar surface area (TPSA) is 20.3 Å². The maximum absolute atomic E-state index is 13.0. The highest BCUT2D eigenvalue weighted by molar-refractivity contribution is 5.94. The summed E-state index contributed by atoms with van der Waals surface area (Å²) in [6.45, 7) is 0. The Balaban J connectivity index is 3.28. The molecular weight excluding hydrogens is 195 g/mol. The van der Waals surface area contributed by atoms with Crippen LogP contribution >= 0.6 is 0 Å². The predicted octanol–water partition coefficient (Wildman–Crippen LogP) is 1.81. The number of rotatable bonds is 1. The molecule has 0 saturated carbocycles. The Hall–Kier alpha value is -1.52. The number of nitrogens with zero attached hydrogens (tertiary/aromatic N) is 1. The van der Waals surface area contributed by atoms with Gasteiger partial charge in [0.15, 0.2) is 0 Å². The molecule has 0 fully saturated rings. The van der Waals surface area contributed by atoms with E-state index in [1.807, 2.05) is 0 Å². The van der Waals surface area contributed by atoms with E-state index in [2.05, 4.69) is 0 Å². The standard InChI is InChI=1S/C9H8F3NO/c1-13(2)9(14)8-6(11)3-5(10)4-7(8)12/h3-4H,1-2H3. The number of benzene rings is 1. The third kappa shape index (κ3) is 1.86. The average molecular weight is 203 g/mol. The van der Waals surface area contributed by atoms with Crippen LogP contribution in [0.3, 0.4) is 0 Å². The molecule has 1 rings (SSSR count). The van der Waals surface area contributed by atoms with Gasteiger partial charge in [0.05, 0.1) is 0 Å². The molecule has 0 heterocycles. The molecule has 0 bridgehead atoms. The summed E-state index contributed by atoms with van der Waals surface area (Å²) in [5.74, 6) is -4.27. The number of amides is 1. The van der Waals surface area contributed by atoms with Gasteiger partial charge in [-0.2, -0.15) is 0 Å². The van der Waals surface area contributed by atoms with Crippen LogP contribution in [0, 0.1) is 17.5 Å². The van der Waals surface area contributed by atoms with Gasteiger partial charge in [-0.25, -0.2) is 13.2 Å². The Kier molecular flexibility index (Phi) is 2.78. The number of carbonyl (C=O) groups is 1. The molecule has 2 nitrogen and oxygen atoms in total. The Morgan fingerprint density at radius 3 is 1.93 bits per heavy atom. The lowest BCUT2D eigenvalue weighted by Gasteiger charge is -2.11. The molecule has 1 aromatic carbocycles. The number of hydrogen-bond acceptors (Lipinski definition) is 1. The lowest BCUT2D eigenvalue weighted by molar-refractivity contribution is 0.0818. The van der Waals surface area contributed by atoms with Crippen molar-refractivity contribution in [1.82, 2.24) is 4.90 Å². The minimum Gasteiger partial charge on any atom is -0.345 e. The molecule has 0 aliphatic heterocycles. The monoisotopic (exact) mass is 203 g/mol. The van der Waals surface area contributed by atoms with E-state index in [0.29, 0.717) is 12.1 Å². The van der Waals surface area contributed by atoms with E-state index in [-0.39, 0.29) is 0 Å². The average Bonchev–Trinajstić information content (AvgIpc) is 2.01. The van der Waals surface area contributed by atoms with Gasteiger partial charge < -0.3 is 4.90 Å². The van der Waals surface area contributed by atoms with Crippen molar-refractivity contribution in [3.8, 4) is 0 Å². The molecule has 1 aromatic rings. The van der Waals surface area contributed by atoms with Crippen LogP contribution in [-0.2, 0) is 0 Å². The molecule has 0 N–H and O–H groups in total. The third-order valence-electron chi connectivity index (χ3n) is 1.63. The van der Waals surface area contributed by atoms with Crippen molar-refractivity contribution in [3.63, 3.8) is 0 Å². The molecule has 0 saturated heterocycles. The third-order valence-corrected chi connectivity index (χ3v) is 1.63. The summed E-state index contributed by atoms with van der Waals surface area (Å²) in [6.07, 6.45) is 0. The zero-order valence-electron chi connectivity index (χ0n) is 7.64. The maximum Gasteiger partial charge on any atom is 0.259 e. The molecule has 14 heavy (non-hydrogen) atoms. The van der Waals surface area contributed by atoms with Crippen molar-refractivity contribution in [3.05, 3.63) is 35.1 Å². The molecule has 5 heteroatoms. The second-order valence-corrected chi connectivity index (χ2v) is 2.94. The van der Waals surface area contributed by atoms with E-state index >= 15 is 0 Å². The lowest BCUT2D eigenvalue weighted by Crippen LogP contribution is -2.24. The second kappa shape index (κ2) is 3.69. The highest BCUT2D eigenvalue weighted by Gasteiger charge is 2.19. The van der Waals surface area contributed by atoms with Crippen LogP contribution < -0.4 is 0 Å². The summed E-state index contributed by atoms with van der Waals surface area (Å²) >= 11 is 0. The van der Waals surface area contributed by atoms with Crippen LogP contribution in [0.1, 0.15) is 10.4 Å². The van der Waals surface area contributed by atoms with Gasteiger partial charge in [-0.3, -0.25) is 4.79 Å². The van der Waals surface area contributed by atoms with Crippen LogP contribution in [-0.4, -0.2) is 24.9 Å². The van der Waals surface area contributed by atoms with Gasteiger partial charge in [0, 0.05) is 26.2 Å². The lowest BCUT2D eigenvalue weighted by atomic mass is 10.1. The first-order valence-corrected chi connectivity index (χ1v) is 3.79. The van der Waals surface area contributed by atoms with Crippen molar-refractivity contribution >= 4 is 5.91 Å². The zero-order valence-corrected chi connectivity index (χ0v) is 7.64. The van der Waals surface area contributed by atoms with E-state index in [4.69, 9.17) is 0 Å². The summed E-state index contributed by atoms with van der Waals surface area (Å²) in [4.78, 5) is 12.2. The van der Waals surface area contributed by atoms with Crippen LogP contribution in [0.25, 0.3) is 0 Å². The van der Waals surface area contributed by atoms with Crippen molar-refractivity contribution < 1.29 is 18.0 Å². The molecule has 0 spiro atoms. The van der Waals surface area contributed by atoms with Crippen LogP contribution in [0.5, 0.6) is 0 Å². The molecule has 0 aliphatic carbocycles. The largest absolute Gasteiger partial charge is 0.345 e.